The first-order chi connectivity index (χ1) is 11.6. The Labute approximate surface area is 147 Å². The summed E-state index contributed by atoms with van der Waals surface area (Å²) in [4.78, 5) is 11.9. The molecule has 0 aromatic heterocycles. The van der Waals surface area contributed by atoms with Crippen molar-refractivity contribution in [3.8, 4) is 11.5 Å². The fraction of sp³-hybridized carbons (Fsp3) is 0.222. The van der Waals surface area contributed by atoms with Gasteiger partial charge in [0, 0.05) is 0 Å². The van der Waals surface area contributed by atoms with E-state index in [2.05, 4.69) is 10.6 Å². The van der Waals surface area contributed by atoms with Gasteiger partial charge in [0.05, 0.1) is 13.2 Å². The first kappa shape index (κ1) is 17.7. The smallest absolute Gasteiger partial charge is 0.264 e. The maximum absolute atomic E-state index is 11.9. The minimum Gasteiger partial charge on any atom is -0.497 e. The Bertz CT molecular complexity index is 674. The SMILES string of the molecule is COc1ccc(OCC(=O)NC(=S)N[C@@H](C)c2ccccc2)cc1. The van der Waals surface area contributed by atoms with Crippen LogP contribution in [0.2, 0.25) is 0 Å². The molecule has 5 nitrogen and oxygen atoms in total. The Morgan fingerprint density at radius 1 is 1.08 bits per heavy atom. The maximum Gasteiger partial charge on any atom is 0.264 e. The standard InChI is InChI=1S/C18H20N2O3S/c1-13(14-6-4-3-5-7-14)19-18(24)20-17(21)12-23-16-10-8-15(22-2)9-11-16/h3-11,13H,12H2,1-2H3,(H2,19,20,21,24)/t13-/m0/s1. The zero-order valence-corrected chi connectivity index (χ0v) is 14.4. The third-order valence-electron chi connectivity index (χ3n) is 3.33. The van der Waals surface area contributed by atoms with E-state index in [0.717, 1.165) is 11.3 Å². The average Bonchev–Trinajstić information content (AvgIpc) is 2.61. The number of methoxy groups -OCH3 is 1. The van der Waals surface area contributed by atoms with E-state index in [0.29, 0.717) is 5.75 Å². The topological polar surface area (TPSA) is 59.6 Å². The molecule has 0 saturated heterocycles. The Morgan fingerprint density at radius 2 is 1.71 bits per heavy atom. The molecule has 0 saturated carbocycles. The highest BCUT2D eigenvalue weighted by atomic mass is 32.1. The zero-order valence-electron chi connectivity index (χ0n) is 13.6. The highest BCUT2D eigenvalue weighted by Gasteiger charge is 2.09. The molecule has 2 aromatic carbocycles. The molecular weight excluding hydrogens is 324 g/mol. The molecule has 0 spiro atoms. The van der Waals surface area contributed by atoms with Crippen LogP contribution in [0.25, 0.3) is 0 Å². The van der Waals surface area contributed by atoms with E-state index < -0.39 is 0 Å². The van der Waals surface area contributed by atoms with E-state index >= 15 is 0 Å². The van der Waals surface area contributed by atoms with E-state index in [1.54, 1.807) is 31.4 Å². The largest absolute Gasteiger partial charge is 0.497 e. The molecule has 0 unspecified atom stereocenters. The summed E-state index contributed by atoms with van der Waals surface area (Å²) in [5, 5.41) is 5.95. The zero-order chi connectivity index (χ0) is 17.4. The molecule has 0 radical (unpaired) electrons. The third-order valence-corrected chi connectivity index (χ3v) is 3.55. The fourth-order valence-corrected chi connectivity index (χ4v) is 2.33. The van der Waals surface area contributed by atoms with Crippen molar-refractivity contribution in [1.29, 1.82) is 0 Å². The Kier molecular flexibility index (Phi) is 6.57. The van der Waals surface area contributed by atoms with Gasteiger partial charge in [0.15, 0.2) is 11.7 Å². The molecule has 1 amide bonds. The summed E-state index contributed by atoms with van der Waals surface area (Å²) in [6.45, 7) is 1.86. The number of carbonyl (C=O) groups is 1. The predicted octanol–water partition coefficient (Wildman–Crippen LogP) is 2.83. The molecule has 0 bridgehead atoms. The summed E-state index contributed by atoms with van der Waals surface area (Å²) in [6, 6.07) is 16.9. The van der Waals surface area contributed by atoms with E-state index in [1.807, 2.05) is 37.3 Å². The molecule has 0 fully saturated rings. The number of ether oxygens (including phenoxy) is 2. The number of nitrogens with one attached hydrogen (secondary N) is 2. The first-order valence-corrected chi connectivity index (χ1v) is 7.91. The van der Waals surface area contributed by atoms with Gasteiger partial charge in [0.1, 0.15) is 11.5 Å². The van der Waals surface area contributed by atoms with Gasteiger partial charge in [-0.2, -0.15) is 0 Å². The van der Waals surface area contributed by atoms with Gasteiger partial charge in [-0.15, -0.1) is 0 Å². The Hall–Kier alpha value is -2.60. The summed E-state index contributed by atoms with van der Waals surface area (Å²) < 4.78 is 10.5. The Morgan fingerprint density at radius 3 is 2.33 bits per heavy atom. The van der Waals surface area contributed by atoms with Crippen molar-refractivity contribution in [1.82, 2.24) is 10.6 Å². The minimum absolute atomic E-state index is 0.00139. The average molecular weight is 344 g/mol. The first-order valence-electron chi connectivity index (χ1n) is 7.50. The summed E-state index contributed by atoms with van der Waals surface area (Å²) in [5.74, 6) is 0.998. The maximum atomic E-state index is 11.9. The molecule has 6 heteroatoms. The van der Waals surface area contributed by atoms with Crippen molar-refractivity contribution in [3.05, 3.63) is 60.2 Å². The van der Waals surface area contributed by atoms with Crippen LogP contribution in [-0.2, 0) is 4.79 Å². The summed E-state index contributed by atoms with van der Waals surface area (Å²) in [6.07, 6.45) is 0. The van der Waals surface area contributed by atoms with Gasteiger partial charge in [-0.3, -0.25) is 4.79 Å². The number of amides is 1. The van der Waals surface area contributed by atoms with Crippen LogP contribution in [0.4, 0.5) is 0 Å². The summed E-state index contributed by atoms with van der Waals surface area (Å²) in [5.41, 5.74) is 1.09. The lowest BCUT2D eigenvalue weighted by molar-refractivity contribution is -0.121. The van der Waals surface area contributed by atoms with Gasteiger partial charge in [-0.05, 0) is 49.0 Å². The van der Waals surface area contributed by atoms with Crippen LogP contribution in [0.3, 0.4) is 0 Å². The second-order valence-corrected chi connectivity index (χ2v) is 5.53. The molecule has 0 heterocycles. The highest BCUT2D eigenvalue weighted by molar-refractivity contribution is 7.80. The van der Waals surface area contributed by atoms with E-state index in [9.17, 15) is 4.79 Å². The van der Waals surface area contributed by atoms with Gasteiger partial charge in [-0.25, -0.2) is 0 Å². The lowest BCUT2D eigenvalue weighted by Crippen LogP contribution is -2.42. The van der Waals surface area contributed by atoms with Gasteiger partial charge in [-0.1, -0.05) is 30.3 Å². The van der Waals surface area contributed by atoms with Crippen molar-refractivity contribution < 1.29 is 14.3 Å². The molecule has 126 valence electrons. The Balaban J connectivity index is 1.76. The lowest BCUT2D eigenvalue weighted by atomic mass is 10.1. The van der Waals surface area contributed by atoms with Crippen LogP contribution in [0.5, 0.6) is 11.5 Å². The number of hydrogen-bond acceptors (Lipinski definition) is 4. The van der Waals surface area contributed by atoms with Gasteiger partial charge < -0.3 is 20.1 Å². The number of benzene rings is 2. The summed E-state index contributed by atoms with van der Waals surface area (Å²) in [7, 11) is 1.59. The number of hydrogen-bond donors (Lipinski definition) is 2. The monoisotopic (exact) mass is 344 g/mol. The summed E-state index contributed by atoms with van der Waals surface area (Å²) >= 11 is 5.16. The van der Waals surface area contributed by atoms with Crippen LogP contribution >= 0.6 is 12.2 Å². The molecule has 0 aliphatic carbocycles. The number of thiocarbonyl (C=S) groups is 1. The quantitative estimate of drug-likeness (QED) is 0.789. The molecule has 2 aromatic rings. The highest BCUT2D eigenvalue weighted by Crippen LogP contribution is 2.16. The van der Waals surface area contributed by atoms with Crippen LogP contribution in [0.15, 0.2) is 54.6 Å². The van der Waals surface area contributed by atoms with Crippen LogP contribution < -0.4 is 20.1 Å². The number of carbonyl (C=O) groups excluding carboxylic acids is 1. The number of rotatable bonds is 6. The van der Waals surface area contributed by atoms with Gasteiger partial charge in [0.2, 0.25) is 0 Å². The third kappa shape index (κ3) is 5.55. The van der Waals surface area contributed by atoms with E-state index in [-0.39, 0.29) is 23.7 Å². The predicted molar refractivity (Wildman–Crippen MR) is 97.2 cm³/mol. The molecule has 24 heavy (non-hydrogen) atoms. The van der Waals surface area contributed by atoms with E-state index in [4.69, 9.17) is 21.7 Å². The molecular formula is C18H20N2O3S. The second kappa shape index (κ2) is 8.88. The molecule has 2 N–H and O–H groups in total. The molecule has 1 atom stereocenters. The van der Waals surface area contributed by atoms with Gasteiger partial charge >= 0.3 is 0 Å². The molecule has 0 aliphatic rings. The van der Waals surface area contributed by atoms with Crippen molar-refractivity contribution in [2.24, 2.45) is 0 Å². The lowest BCUT2D eigenvalue weighted by Gasteiger charge is -2.16. The molecule has 2 rings (SSSR count). The second-order valence-electron chi connectivity index (χ2n) is 5.12. The van der Waals surface area contributed by atoms with Gasteiger partial charge in [0.25, 0.3) is 5.91 Å². The van der Waals surface area contributed by atoms with Crippen LogP contribution in [0, 0.1) is 0 Å². The van der Waals surface area contributed by atoms with Crippen molar-refractivity contribution in [3.63, 3.8) is 0 Å². The van der Waals surface area contributed by atoms with Crippen molar-refractivity contribution >= 4 is 23.2 Å². The minimum atomic E-state index is -0.316. The van der Waals surface area contributed by atoms with Crippen LogP contribution in [-0.4, -0.2) is 24.7 Å². The molecule has 0 aliphatic heterocycles. The van der Waals surface area contributed by atoms with E-state index in [1.165, 1.54) is 0 Å². The van der Waals surface area contributed by atoms with Crippen molar-refractivity contribution in [2.75, 3.05) is 13.7 Å². The van der Waals surface area contributed by atoms with Crippen LogP contribution in [0.1, 0.15) is 18.5 Å². The fourth-order valence-electron chi connectivity index (χ4n) is 2.04. The normalized spacial score (nSPS) is 11.2. The van der Waals surface area contributed by atoms with Crippen molar-refractivity contribution in [2.45, 2.75) is 13.0 Å².